The molecular weight excluding hydrogens is 645 g/mol. The monoisotopic (exact) mass is 688 g/mol. The van der Waals surface area contributed by atoms with Crippen molar-refractivity contribution in [3.05, 3.63) is 59.7 Å². The number of halogens is 3. The summed E-state index contributed by atoms with van der Waals surface area (Å²) in [4.78, 5) is 54.1. The summed E-state index contributed by atoms with van der Waals surface area (Å²) in [5, 5.41) is 24.0. The lowest BCUT2D eigenvalue weighted by molar-refractivity contribution is -0.280. The van der Waals surface area contributed by atoms with Gasteiger partial charge in [-0.25, -0.2) is 4.79 Å². The Morgan fingerprint density at radius 3 is 2.37 bits per heavy atom. The molecule has 12 heteroatoms. The highest BCUT2D eigenvalue weighted by Gasteiger charge is 2.69. The second-order valence-electron chi connectivity index (χ2n) is 14.9. The van der Waals surface area contributed by atoms with Crippen molar-refractivity contribution in [2.24, 2.45) is 46.8 Å². The number of aliphatic hydroxyl groups is 2. The van der Waals surface area contributed by atoms with Gasteiger partial charge < -0.3 is 24.4 Å². The molecule has 1 aromatic carbocycles. The van der Waals surface area contributed by atoms with Crippen LogP contribution in [0, 0.1) is 46.8 Å². The number of fused-ring (bicyclic) bond motifs is 5. The van der Waals surface area contributed by atoms with Crippen molar-refractivity contribution in [1.29, 1.82) is 0 Å². The second-order valence-corrected chi connectivity index (χ2v) is 14.9. The average molecular weight is 689 g/mol. The number of carbonyl (C=O) groups excluding carboxylic acids is 4. The zero-order chi connectivity index (χ0) is 35.8. The Morgan fingerprint density at radius 1 is 1.10 bits per heavy atom. The van der Waals surface area contributed by atoms with E-state index in [0.717, 1.165) is 24.8 Å². The molecule has 266 valence electrons. The lowest BCUT2D eigenvalue weighted by Crippen LogP contribution is -2.60. The molecule has 1 saturated heterocycles. The van der Waals surface area contributed by atoms with Gasteiger partial charge in [-0.05, 0) is 56.9 Å². The van der Waals surface area contributed by atoms with Crippen LogP contribution in [0.25, 0.3) is 0 Å². The summed E-state index contributed by atoms with van der Waals surface area (Å²) in [6.45, 7) is 6.36. The van der Waals surface area contributed by atoms with E-state index in [0.29, 0.717) is 12.8 Å². The molecule has 6 rings (SSSR count). The quantitative estimate of drug-likeness (QED) is 0.310. The number of methoxy groups -OCH3 is 1. The summed E-state index contributed by atoms with van der Waals surface area (Å²) in [7, 11) is 0.751. The van der Waals surface area contributed by atoms with Crippen LogP contribution in [-0.2, 0) is 39.0 Å². The van der Waals surface area contributed by atoms with Gasteiger partial charge in [0.25, 0.3) is 5.60 Å². The number of ether oxygens (including phenoxy) is 3. The van der Waals surface area contributed by atoms with Gasteiger partial charge in [-0.1, -0.05) is 61.9 Å². The summed E-state index contributed by atoms with van der Waals surface area (Å²) in [6, 6.07) is 6.33. The molecule has 0 unspecified atom stereocenters. The van der Waals surface area contributed by atoms with Gasteiger partial charge in [0.15, 0.2) is 5.78 Å². The van der Waals surface area contributed by atoms with Crippen molar-refractivity contribution >= 4 is 23.5 Å². The number of hydrogen-bond donors (Lipinski definition) is 2. The number of benzene rings is 1. The van der Waals surface area contributed by atoms with Crippen molar-refractivity contribution in [1.82, 2.24) is 0 Å². The molecule has 0 aromatic heterocycles. The summed E-state index contributed by atoms with van der Waals surface area (Å²) in [5.41, 5.74) is -6.38. The maximum atomic E-state index is 14.9. The lowest BCUT2D eigenvalue weighted by atomic mass is 9.50. The Kier molecular flexibility index (Phi) is 8.80. The number of rotatable bonds is 7. The van der Waals surface area contributed by atoms with Crippen molar-refractivity contribution in [3.8, 4) is 0 Å². The molecule has 49 heavy (non-hydrogen) atoms. The number of alkyl halides is 3. The van der Waals surface area contributed by atoms with E-state index in [1.165, 1.54) is 31.2 Å². The summed E-state index contributed by atoms with van der Waals surface area (Å²) in [6.07, 6.45) is -3.54. The van der Waals surface area contributed by atoms with Crippen LogP contribution in [0.1, 0.15) is 58.9 Å². The Labute approximate surface area is 282 Å². The zero-order valence-corrected chi connectivity index (χ0v) is 28.1. The lowest BCUT2D eigenvalue weighted by Gasteiger charge is -2.52. The molecule has 0 radical (unpaired) electrons. The van der Waals surface area contributed by atoms with E-state index in [-0.39, 0.29) is 30.3 Å². The fourth-order valence-electron chi connectivity index (χ4n) is 9.74. The summed E-state index contributed by atoms with van der Waals surface area (Å²) in [5.74, 6) is -7.75. The number of hydrogen-bond acceptors (Lipinski definition) is 9. The minimum atomic E-state index is -5.28. The number of allylic oxidation sites excluding steroid dienone is 4. The van der Waals surface area contributed by atoms with E-state index in [9.17, 15) is 42.6 Å². The van der Waals surface area contributed by atoms with E-state index in [4.69, 9.17) is 14.2 Å². The highest BCUT2D eigenvalue weighted by Crippen LogP contribution is 2.62. The van der Waals surface area contributed by atoms with Gasteiger partial charge in [0.05, 0.1) is 16.9 Å². The third-order valence-electron chi connectivity index (χ3n) is 12.7. The van der Waals surface area contributed by atoms with Crippen molar-refractivity contribution in [2.45, 2.75) is 89.1 Å². The van der Waals surface area contributed by atoms with Crippen LogP contribution in [0.15, 0.2) is 54.1 Å². The summed E-state index contributed by atoms with van der Waals surface area (Å²) < 4.78 is 61.0. The number of aliphatic hydroxyl groups excluding tert-OH is 1. The Hall–Kier alpha value is -3.35. The molecule has 13 atom stereocenters. The molecule has 9 nitrogen and oxygen atoms in total. The minimum absolute atomic E-state index is 0.0387. The Morgan fingerprint density at radius 2 is 1.78 bits per heavy atom. The average Bonchev–Trinajstić information content (AvgIpc) is 3.55. The van der Waals surface area contributed by atoms with Gasteiger partial charge in [-0.15, -0.1) is 0 Å². The largest absolute Gasteiger partial charge is 0.459 e. The maximum Gasteiger partial charge on any atom is 0.432 e. The van der Waals surface area contributed by atoms with Gasteiger partial charge >= 0.3 is 18.1 Å². The third-order valence-corrected chi connectivity index (χ3v) is 12.7. The minimum Gasteiger partial charge on any atom is -0.459 e. The van der Waals surface area contributed by atoms with Crippen molar-refractivity contribution < 1.29 is 56.8 Å². The second kappa shape index (κ2) is 12.2. The van der Waals surface area contributed by atoms with Gasteiger partial charge in [0, 0.05) is 36.8 Å². The van der Waals surface area contributed by atoms with E-state index >= 15 is 0 Å². The highest BCUT2D eigenvalue weighted by molar-refractivity contribution is 5.99. The Bertz CT molecular complexity index is 1580. The molecule has 0 bridgehead atoms. The van der Waals surface area contributed by atoms with Crippen molar-refractivity contribution in [3.63, 3.8) is 0 Å². The molecule has 1 heterocycles. The third kappa shape index (κ3) is 5.14. The number of Topliss-reactive ketones (excluding diaryl/α,β-unsaturated/α-hetero) is 1. The SMILES string of the molecule is CO[C@@](C(=O)O[C@H]1C[C@H]2[C@@H]3CC=C4CC=CC(=O)[C@]4(C)[C@H]3CC(=O)[C@@H]2[C@H]1[C@@](C)(O)[C@H](O)[C@@H]1OC(=O)[C@H](C)[C@H]1C)(c1ccccc1)C(F)(F)F. The maximum absolute atomic E-state index is 14.9. The van der Waals surface area contributed by atoms with Crippen LogP contribution >= 0.6 is 0 Å². The highest BCUT2D eigenvalue weighted by atomic mass is 19.4. The molecule has 5 aliphatic rings. The molecule has 2 N–H and O–H groups in total. The topological polar surface area (TPSA) is 136 Å². The van der Waals surface area contributed by atoms with Gasteiger partial charge in [-0.2, -0.15) is 13.2 Å². The van der Waals surface area contributed by atoms with Crippen LogP contribution in [0.4, 0.5) is 13.2 Å². The first-order valence-corrected chi connectivity index (χ1v) is 16.8. The fourth-order valence-corrected chi connectivity index (χ4v) is 9.74. The molecular formula is C37H43F3O9. The smallest absolute Gasteiger partial charge is 0.432 e. The van der Waals surface area contributed by atoms with Crippen LogP contribution in [0.5, 0.6) is 0 Å². The predicted molar refractivity (Wildman–Crippen MR) is 167 cm³/mol. The Balaban J connectivity index is 1.43. The van der Waals surface area contributed by atoms with Crippen LogP contribution in [0.2, 0.25) is 0 Å². The molecule has 1 aliphatic heterocycles. The summed E-state index contributed by atoms with van der Waals surface area (Å²) >= 11 is 0. The first kappa shape index (κ1) is 35.5. The molecule has 4 aliphatic carbocycles. The van der Waals surface area contributed by atoms with E-state index in [2.05, 4.69) is 0 Å². The van der Waals surface area contributed by atoms with Crippen molar-refractivity contribution in [2.75, 3.05) is 7.11 Å². The van der Waals surface area contributed by atoms with E-state index in [1.807, 2.05) is 13.0 Å². The molecule has 1 aromatic rings. The van der Waals surface area contributed by atoms with Crippen LogP contribution < -0.4 is 0 Å². The number of cyclic esters (lactones) is 1. The normalized spacial score (nSPS) is 38.7. The van der Waals surface area contributed by atoms with Crippen LogP contribution in [-0.4, -0.2) is 70.9 Å². The molecule has 0 spiro atoms. The molecule has 2 saturated carbocycles. The first-order chi connectivity index (χ1) is 22.9. The standard InChI is InChI=1S/C37H43F3O9/c1-18-19(2)32(44)49-30(18)31(43)35(4,46)29-26(48-33(45)36(47-5,37(38,39)40)21-10-7-6-8-11-21)16-23-22-15-14-20-12-9-13-27(42)34(20,3)24(22)17-25(41)28(23)29/h6-11,13-14,18-19,22-24,26,28-31,43,46H,12,15-17H2,1-5H3/t18-,19-,22+,23+,24+,26+,28-,29+,30-,31-,34+,35-,36-/m1/s1. The van der Waals surface area contributed by atoms with E-state index < -0.39 is 94.1 Å². The van der Waals surface area contributed by atoms with Gasteiger partial charge in [0.1, 0.15) is 24.1 Å². The first-order valence-electron chi connectivity index (χ1n) is 16.8. The molecule has 3 fully saturated rings. The van der Waals surface area contributed by atoms with Gasteiger partial charge in [-0.3, -0.25) is 14.4 Å². The number of carbonyl (C=O) groups is 4. The van der Waals surface area contributed by atoms with Gasteiger partial charge in [0.2, 0.25) is 0 Å². The number of ketones is 2. The fraction of sp³-hybridized carbons (Fsp3) is 0.622. The van der Waals surface area contributed by atoms with Crippen LogP contribution in [0.3, 0.4) is 0 Å². The van der Waals surface area contributed by atoms with E-state index in [1.54, 1.807) is 19.9 Å². The predicted octanol–water partition coefficient (Wildman–Crippen LogP) is 4.63. The zero-order valence-electron chi connectivity index (χ0n) is 28.1. The number of esters is 2. The molecule has 0 amide bonds.